The van der Waals surface area contributed by atoms with Crippen LogP contribution in [0.4, 0.5) is 4.39 Å². The highest BCUT2D eigenvalue weighted by Crippen LogP contribution is 2.25. The summed E-state index contributed by atoms with van der Waals surface area (Å²) in [6.45, 7) is 8.67. The van der Waals surface area contributed by atoms with Crippen molar-refractivity contribution in [2.45, 2.75) is 39.7 Å². The van der Waals surface area contributed by atoms with Crippen LogP contribution in [0.15, 0.2) is 23.6 Å². The van der Waals surface area contributed by atoms with Gasteiger partial charge in [-0.15, -0.1) is 11.3 Å². The lowest BCUT2D eigenvalue weighted by Gasteiger charge is -2.14. The Hall–Kier alpha value is -1.42. The minimum Gasteiger partial charge on any atom is -0.486 e. The average molecular weight is 279 g/mol. The first-order valence-corrected chi connectivity index (χ1v) is 7.08. The monoisotopic (exact) mass is 279 g/mol. The van der Waals surface area contributed by atoms with Crippen LogP contribution in [-0.2, 0) is 12.0 Å². The fraction of sp³-hybridized carbons (Fsp3) is 0.400. The summed E-state index contributed by atoms with van der Waals surface area (Å²) in [7, 11) is 0. The van der Waals surface area contributed by atoms with Crippen LogP contribution >= 0.6 is 11.3 Å². The number of benzene rings is 1. The van der Waals surface area contributed by atoms with Crippen LogP contribution in [-0.4, -0.2) is 4.98 Å². The molecule has 0 unspecified atom stereocenters. The normalized spacial score (nSPS) is 11.6. The number of aryl methyl sites for hydroxylation is 1. The van der Waals surface area contributed by atoms with Crippen LogP contribution in [0.2, 0.25) is 0 Å². The Morgan fingerprint density at radius 2 is 2.05 bits per heavy atom. The zero-order valence-corrected chi connectivity index (χ0v) is 12.5. The molecule has 0 radical (unpaired) electrons. The van der Waals surface area contributed by atoms with Gasteiger partial charge in [-0.05, 0) is 30.7 Å². The highest BCUT2D eigenvalue weighted by Gasteiger charge is 2.17. The molecule has 1 aromatic heterocycles. The average Bonchev–Trinajstić information content (AvgIpc) is 2.76. The summed E-state index contributed by atoms with van der Waals surface area (Å²) in [6, 6.07) is 4.53. The van der Waals surface area contributed by atoms with Gasteiger partial charge >= 0.3 is 0 Å². The predicted molar refractivity (Wildman–Crippen MR) is 76.3 cm³/mol. The number of hydrogen-bond acceptors (Lipinski definition) is 3. The van der Waals surface area contributed by atoms with Crippen molar-refractivity contribution in [2.24, 2.45) is 0 Å². The van der Waals surface area contributed by atoms with Crippen LogP contribution < -0.4 is 4.74 Å². The van der Waals surface area contributed by atoms with Crippen molar-refractivity contribution in [3.63, 3.8) is 0 Å². The molecule has 1 aromatic carbocycles. The van der Waals surface area contributed by atoms with Gasteiger partial charge in [0.2, 0.25) is 0 Å². The van der Waals surface area contributed by atoms with Gasteiger partial charge in [-0.1, -0.05) is 20.8 Å². The number of ether oxygens (including phenoxy) is 1. The van der Waals surface area contributed by atoms with Crippen LogP contribution in [0.1, 0.15) is 37.0 Å². The second-order valence-electron chi connectivity index (χ2n) is 5.57. The Morgan fingerprint density at radius 3 is 2.63 bits per heavy atom. The van der Waals surface area contributed by atoms with E-state index in [1.807, 2.05) is 6.92 Å². The molecule has 0 amide bonds. The van der Waals surface area contributed by atoms with E-state index in [0.717, 1.165) is 16.3 Å². The van der Waals surface area contributed by atoms with Crippen LogP contribution in [0, 0.1) is 12.7 Å². The third-order valence-corrected chi connectivity index (χ3v) is 3.63. The lowest BCUT2D eigenvalue weighted by Crippen LogP contribution is -2.11. The lowest BCUT2D eigenvalue weighted by atomic mass is 9.93. The minimum atomic E-state index is -0.242. The van der Waals surface area contributed by atoms with Crippen molar-refractivity contribution in [2.75, 3.05) is 0 Å². The van der Waals surface area contributed by atoms with Gasteiger partial charge in [0.1, 0.15) is 23.2 Å². The summed E-state index contributed by atoms with van der Waals surface area (Å²) in [5.41, 5.74) is 1.93. The van der Waals surface area contributed by atoms with E-state index >= 15 is 0 Å². The zero-order valence-electron chi connectivity index (χ0n) is 11.7. The molecule has 0 aliphatic heterocycles. The molecule has 4 heteroatoms. The summed E-state index contributed by atoms with van der Waals surface area (Å²) in [5, 5.41) is 3.00. The molecule has 0 spiro atoms. The van der Waals surface area contributed by atoms with Gasteiger partial charge in [0, 0.05) is 10.8 Å². The van der Waals surface area contributed by atoms with Gasteiger partial charge in [0.25, 0.3) is 0 Å². The Balaban J connectivity index is 2.04. The van der Waals surface area contributed by atoms with E-state index in [1.54, 1.807) is 17.4 Å². The first-order valence-electron chi connectivity index (χ1n) is 6.20. The molecule has 2 rings (SSSR count). The molecule has 0 aliphatic rings. The van der Waals surface area contributed by atoms with Crippen LogP contribution in [0.5, 0.6) is 5.75 Å². The molecule has 0 atom stereocenters. The fourth-order valence-corrected chi connectivity index (χ4v) is 2.57. The van der Waals surface area contributed by atoms with Gasteiger partial charge in [-0.3, -0.25) is 0 Å². The molecule has 0 aliphatic carbocycles. The maximum Gasteiger partial charge on any atom is 0.140 e. The van der Waals surface area contributed by atoms with Gasteiger partial charge in [-0.2, -0.15) is 0 Å². The quantitative estimate of drug-likeness (QED) is 0.827. The highest BCUT2D eigenvalue weighted by atomic mass is 32.1. The summed E-state index contributed by atoms with van der Waals surface area (Å²) in [4.78, 5) is 4.56. The number of halogens is 1. The van der Waals surface area contributed by atoms with Gasteiger partial charge < -0.3 is 4.74 Å². The molecule has 0 saturated heterocycles. The molecule has 0 bridgehead atoms. The number of rotatable bonds is 3. The van der Waals surface area contributed by atoms with Gasteiger partial charge in [0.05, 0.1) is 5.69 Å². The van der Waals surface area contributed by atoms with Gasteiger partial charge in [-0.25, -0.2) is 9.37 Å². The number of hydrogen-bond donors (Lipinski definition) is 0. The molecular weight excluding hydrogens is 261 g/mol. The topological polar surface area (TPSA) is 22.1 Å². The largest absolute Gasteiger partial charge is 0.486 e. The van der Waals surface area contributed by atoms with E-state index in [2.05, 4.69) is 31.1 Å². The molecule has 0 fully saturated rings. The van der Waals surface area contributed by atoms with Gasteiger partial charge in [0.15, 0.2) is 0 Å². The first-order chi connectivity index (χ1) is 8.86. The minimum absolute atomic E-state index is 0.0561. The Labute approximate surface area is 117 Å². The third-order valence-electron chi connectivity index (χ3n) is 2.81. The van der Waals surface area contributed by atoms with Crippen molar-refractivity contribution >= 4 is 11.3 Å². The maximum absolute atomic E-state index is 13.0. The van der Waals surface area contributed by atoms with Crippen molar-refractivity contribution in [3.8, 4) is 5.75 Å². The van der Waals surface area contributed by atoms with E-state index in [4.69, 9.17) is 4.74 Å². The second-order valence-corrected chi connectivity index (χ2v) is 6.52. The van der Waals surface area contributed by atoms with E-state index in [1.165, 1.54) is 12.1 Å². The standard InChI is InChI=1S/C15H18FNOS/c1-10-7-11(16)5-6-12(10)18-8-14-17-13(9-19-14)15(2,3)4/h5-7,9H,8H2,1-4H3. The summed E-state index contributed by atoms with van der Waals surface area (Å²) in [5.74, 6) is 0.461. The Bertz CT molecular complexity index is 572. The fourth-order valence-electron chi connectivity index (χ4n) is 1.64. The van der Waals surface area contributed by atoms with E-state index < -0.39 is 0 Å². The smallest absolute Gasteiger partial charge is 0.140 e. The predicted octanol–water partition coefficient (Wildman–Crippen LogP) is 4.47. The first kappa shape index (κ1) is 14.0. The number of nitrogens with zero attached hydrogens (tertiary/aromatic N) is 1. The van der Waals surface area contributed by atoms with E-state index in [0.29, 0.717) is 12.4 Å². The van der Waals surface area contributed by atoms with E-state index in [9.17, 15) is 4.39 Å². The SMILES string of the molecule is Cc1cc(F)ccc1OCc1nc(C(C)(C)C)cs1. The van der Waals surface area contributed by atoms with Crippen molar-refractivity contribution in [3.05, 3.63) is 45.7 Å². The molecule has 0 N–H and O–H groups in total. The summed E-state index contributed by atoms with van der Waals surface area (Å²) in [6.07, 6.45) is 0. The van der Waals surface area contributed by atoms with Crippen LogP contribution in [0.3, 0.4) is 0 Å². The molecule has 1 heterocycles. The summed E-state index contributed by atoms with van der Waals surface area (Å²) >= 11 is 1.59. The second kappa shape index (κ2) is 5.29. The molecule has 0 saturated carbocycles. The van der Waals surface area contributed by atoms with Crippen molar-refractivity contribution in [1.29, 1.82) is 0 Å². The Kier molecular flexibility index (Phi) is 3.90. The molecule has 2 aromatic rings. The highest BCUT2D eigenvalue weighted by molar-refractivity contribution is 7.09. The lowest BCUT2D eigenvalue weighted by molar-refractivity contribution is 0.302. The third kappa shape index (κ3) is 3.53. The van der Waals surface area contributed by atoms with Crippen LogP contribution in [0.25, 0.3) is 0 Å². The van der Waals surface area contributed by atoms with Crippen molar-refractivity contribution < 1.29 is 9.13 Å². The number of thiazole rings is 1. The molecule has 19 heavy (non-hydrogen) atoms. The molecular formula is C15H18FNOS. The molecule has 102 valence electrons. The molecule has 2 nitrogen and oxygen atoms in total. The van der Waals surface area contributed by atoms with E-state index in [-0.39, 0.29) is 11.2 Å². The number of aromatic nitrogens is 1. The maximum atomic E-state index is 13.0. The zero-order chi connectivity index (χ0) is 14.0. The Morgan fingerprint density at radius 1 is 1.32 bits per heavy atom. The van der Waals surface area contributed by atoms with Crippen molar-refractivity contribution in [1.82, 2.24) is 4.98 Å². The summed E-state index contributed by atoms with van der Waals surface area (Å²) < 4.78 is 18.7.